The number of aliphatic hydroxyl groups is 1. The topological polar surface area (TPSA) is 110 Å². The standard InChI is InChI=1S/C19H18N4O4/c1-27-14-9-7-13(8-10-14)16-15(12-5-3-2-4-6-12)19(26,17(24)25)23-18(22-16)20-11-21-23/h2-11,15-16,26H,1H3,(H,24,25)(H,20,21,22)/t15-,16-,19+/m0/s1. The number of carboxylic acids is 1. The van der Waals surface area contributed by atoms with Gasteiger partial charge in [0.2, 0.25) is 5.95 Å². The van der Waals surface area contributed by atoms with E-state index in [1.54, 1.807) is 43.5 Å². The molecule has 0 amide bonds. The molecule has 0 fully saturated rings. The summed E-state index contributed by atoms with van der Waals surface area (Å²) in [5.41, 5.74) is -0.848. The van der Waals surface area contributed by atoms with Gasteiger partial charge in [0.05, 0.1) is 19.1 Å². The Bertz CT molecular complexity index is 957. The van der Waals surface area contributed by atoms with Crippen molar-refractivity contribution in [2.75, 3.05) is 12.4 Å². The molecule has 0 saturated heterocycles. The number of aromatic nitrogens is 3. The summed E-state index contributed by atoms with van der Waals surface area (Å²) in [4.78, 5) is 16.3. The molecular formula is C19H18N4O4. The second-order valence-corrected chi connectivity index (χ2v) is 6.31. The van der Waals surface area contributed by atoms with Crippen LogP contribution in [0, 0.1) is 0 Å². The van der Waals surface area contributed by atoms with Crippen LogP contribution in [0.3, 0.4) is 0 Å². The first-order chi connectivity index (χ1) is 13.1. The van der Waals surface area contributed by atoms with Gasteiger partial charge < -0.3 is 20.3 Å². The van der Waals surface area contributed by atoms with Gasteiger partial charge in [-0.1, -0.05) is 42.5 Å². The molecule has 1 aromatic heterocycles. The van der Waals surface area contributed by atoms with Crippen molar-refractivity contribution in [2.24, 2.45) is 0 Å². The molecule has 2 aromatic carbocycles. The maximum absolute atomic E-state index is 12.2. The van der Waals surface area contributed by atoms with Crippen molar-refractivity contribution in [1.29, 1.82) is 0 Å². The Kier molecular flexibility index (Phi) is 4.04. The van der Waals surface area contributed by atoms with Crippen LogP contribution >= 0.6 is 0 Å². The minimum absolute atomic E-state index is 0.188. The van der Waals surface area contributed by atoms with E-state index >= 15 is 0 Å². The van der Waals surface area contributed by atoms with Crippen LogP contribution in [-0.2, 0) is 10.5 Å². The minimum atomic E-state index is -2.30. The Balaban J connectivity index is 1.92. The summed E-state index contributed by atoms with van der Waals surface area (Å²) in [7, 11) is 1.58. The number of hydrogen-bond acceptors (Lipinski definition) is 6. The van der Waals surface area contributed by atoms with Gasteiger partial charge in [-0.25, -0.2) is 4.79 Å². The Morgan fingerprint density at radius 2 is 1.85 bits per heavy atom. The number of hydrogen-bond donors (Lipinski definition) is 3. The van der Waals surface area contributed by atoms with Crippen LogP contribution in [0.4, 0.5) is 5.95 Å². The number of nitrogens with one attached hydrogen (secondary N) is 1. The van der Waals surface area contributed by atoms with E-state index in [9.17, 15) is 15.0 Å². The van der Waals surface area contributed by atoms with E-state index in [1.165, 1.54) is 6.33 Å². The number of methoxy groups -OCH3 is 1. The molecule has 3 aromatic rings. The zero-order valence-corrected chi connectivity index (χ0v) is 14.5. The molecule has 2 heterocycles. The van der Waals surface area contributed by atoms with Gasteiger partial charge in [0.15, 0.2) is 0 Å². The highest BCUT2D eigenvalue weighted by atomic mass is 16.5. The molecule has 27 heavy (non-hydrogen) atoms. The third-order valence-electron chi connectivity index (χ3n) is 4.87. The number of anilines is 1. The van der Waals surface area contributed by atoms with Crippen LogP contribution in [0.2, 0.25) is 0 Å². The first-order valence-electron chi connectivity index (χ1n) is 8.37. The normalized spacial score (nSPS) is 23.9. The fraction of sp³-hybridized carbons (Fsp3) is 0.211. The van der Waals surface area contributed by atoms with Crippen molar-refractivity contribution in [3.8, 4) is 5.75 Å². The maximum atomic E-state index is 12.2. The number of nitrogens with zero attached hydrogens (tertiary/aromatic N) is 3. The zero-order valence-electron chi connectivity index (χ0n) is 14.5. The van der Waals surface area contributed by atoms with Crippen LogP contribution < -0.4 is 10.1 Å². The molecule has 0 unspecified atom stereocenters. The lowest BCUT2D eigenvalue weighted by atomic mass is 9.78. The molecule has 3 N–H and O–H groups in total. The molecule has 0 bridgehead atoms. The summed E-state index contributed by atoms with van der Waals surface area (Å²) < 4.78 is 6.22. The maximum Gasteiger partial charge on any atom is 0.360 e. The van der Waals surface area contributed by atoms with Gasteiger partial charge in [0.1, 0.15) is 12.1 Å². The Labute approximate surface area is 155 Å². The van der Waals surface area contributed by atoms with Gasteiger partial charge in [0.25, 0.3) is 5.72 Å². The highest BCUT2D eigenvalue weighted by Crippen LogP contribution is 2.47. The van der Waals surface area contributed by atoms with E-state index in [0.717, 1.165) is 10.2 Å². The van der Waals surface area contributed by atoms with Crippen molar-refractivity contribution in [1.82, 2.24) is 14.8 Å². The van der Waals surface area contributed by atoms with Gasteiger partial charge in [-0.2, -0.15) is 14.8 Å². The second-order valence-electron chi connectivity index (χ2n) is 6.31. The summed E-state index contributed by atoms with van der Waals surface area (Å²) >= 11 is 0. The molecule has 3 atom stereocenters. The summed E-state index contributed by atoms with van der Waals surface area (Å²) in [6.45, 7) is 0. The Hall–Kier alpha value is -3.39. The van der Waals surface area contributed by atoms with Gasteiger partial charge in [-0.3, -0.25) is 0 Å². The van der Waals surface area contributed by atoms with Crippen LogP contribution in [0.1, 0.15) is 23.1 Å². The molecule has 138 valence electrons. The molecule has 8 heteroatoms. The summed E-state index contributed by atoms with van der Waals surface area (Å²) in [6, 6.07) is 15.7. The predicted molar refractivity (Wildman–Crippen MR) is 96.4 cm³/mol. The molecule has 8 nitrogen and oxygen atoms in total. The number of carboxylic acid groups (broad SMARTS) is 1. The zero-order chi connectivity index (χ0) is 19.0. The number of rotatable bonds is 4. The average Bonchev–Trinajstić information content (AvgIpc) is 3.18. The van der Waals surface area contributed by atoms with Gasteiger partial charge in [-0.05, 0) is 23.3 Å². The Morgan fingerprint density at radius 3 is 2.48 bits per heavy atom. The summed E-state index contributed by atoms with van der Waals surface area (Å²) in [5.74, 6) is -1.38. The lowest BCUT2D eigenvalue weighted by Gasteiger charge is -2.42. The first kappa shape index (κ1) is 17.0. The molecule has 1 aliphatic heterocycles. The minimum Gasteiger partial charge on any atom is -0.497 e. The molecule has 0 aliphatic carbocycles. The molecule has 1 aliphatic rings. The van der Waals surface area contributed by atoms with E-state index in [4.69, 9.17) is 4.74 Å². The van der Waals surface area contributed by atoms with E-state index in [1.807, 2.05) is 18.2 Å². The van der Waals surface area contributed by atoms with Gasteiger partial charge in [0, 0.05) is 0 Å². The second kappa shape index (κ2) is 6.40. The number of ether oxygens (including phenoxy) is 1. The summed E-state index contributed by atoms with van der Waals surface area (Å²) in [5, 5.41) is 28.5. The number of aliphatic carboxylic acids is 1. The van der Waals surface area contributed by atoms with Crippen molar-refractivity contribution < 1.29 is 19.7 Å². The fourth-order valence-corrected chi connectivity index (χ4v) is 3.57. The lowest BCUT2D eigenvalue weighted by molar-refractivity contribution is -0.179. The third kappa shape index (κ3) is 2.61. The molecule has 0 saturated carbocycles. The van der Waals surface area contributed by atoms with E-state index in [2.05, 4.69) is 15.4 Å². The highest BCUT2D eigenvalue weighted by molar-refractivity contribution is 5.78. The van der Waals surface area contributed by atoms with E-state index in [-0.39, 0.29) is 5.95 Å². The lowest BCUT2D eigenvalue weighted by Crippen LogP contribution is -2.54. The van der Waals surface area contributed by atoms with Crippen molar-refractivity contribution in [2.45, 2.75) is 17.7 Å². The largest absolute Gasteiger partial charge is 0.497 e. The number of carbonyl (C=O) groups is 1. The molecule has 4 rings (SSSR count). The van der Waals surface area contributed by atoms with Gasteiger partial charge in [-0.15, -0.1) is 0 Å². The molecule has 0 spiro atoms. The van der Waals surface area contributed by atoms with Crippen LogP contribution in [0.25, 0.3) is 0 Å². The van der Waals surface area contributed by atoms with Crippen LogP contribution in [-0.4, -0.2) is 38.1 Å². The van der Waals surface area contributed by atoms with Gasteiger partial charge >= 0.3 is 5.97 Å². The number of fused-ring (bicyclic) bond motifs is 1. The quantitative estimate of drug-likeness (QED) is 0.647. The van der Waals surface area contributed by atoms with Crippen LogP contribution in [0.15, 0.2) is 60.9 Å². The summed E-state index contributed by atoms with van der Waals surface area (Å²) in [6.07, 6.45) is 1.22. The van der Waals surface area contributed by atoms with Crippen molar-refractivity contribution in [3.05, 3.63) is 72.1 Å². The smallest absolute Gasteiger partial charge is 0.360 e. The SMILES string of the molecule is COc1ccc([C@@H]2Nc3ncnn3[C@](O)(C(=O)O)[C@H]2c2ccccc2)cc1. The Morgan fingerprint density at radius 1 is 1.15 bits per heavy atom. The van der Waals surface area contributed by atoms with Crippen molar-refractivity contribution in [3.63, 3.8) is 0 Å². The third-order valence-corrected chi connectivity index (χ3v) is 4.87. The predicted octanol–water partition coefficient (Wildman–Crippen LogP) is 1.97. The van der Waals surface area contributed by atoms with E-state index in [0.29, 0.717) is 11.3 Å². The average molecular weight is 366 g/mol. The van der Waals surface area contributed by atoms with Crippen molar-refractivity contribution >= 4 is 11.9 Å². The van der Waals surface area contributed by atoms with E-state index < -0.39 is 23.7 Å². The monoisotopic (exact) mass is 366 g/mol. The first-order valence-corrected chi connectivity index (χ1v) is 8.37. The molecular weight excluding hydrogens is 348 g/mol. The number of benzene rings is 2. The molecule has 0 radical (unpaired) electrons. The fourth-order valence-electron chi connectivity index (χ4n) is 3.57. The highest BCUT2D eigenvalue weighted by Gasteiger charge is 2.56. The van der Waals surface area contributed by atoms with Crippen LogP contribution in [0.5, 0.6) is 5.75 Å².